The lowest BCUT2D eigenvalue weighted by Crippen LogP contribution is -2.31. The molecule has 9 heteroatoms. The van der Waals surface area contributed by atoms with E-state index in [0.29, 0.717) is 18.7 Å². The predicted molar refractivity (Wildman–Crippen MR) is 92.0 cm³/mol. The van der Waals surface area contributed by atoms with Crippen molar-refractivity contribution in [2.45, 2.75) is 35.5 Å². The minimum atomic E-state index is -3.71. The zero-order valence-corrected chi connectivity index (χ0v) is 15.3. The first kappa shape index (κ1) is 18.3. The Kier molecular flexibility index (Phi) is 5.17. The topological polar surface area (TPSA) is 107 Å². The Morgan fingerprint density at radius 1 is 1.20 bits per heavy atom. The van der Waals surface area contributed by atoms with Gasteiger partial charge in [0.1, 0.15) is 0 Å². The molecule has 3 rings (SSSR count). The van der Waals surface area contributed by atoms with Crippen LogP contribution in [0.25, 0.3) is 0 Å². The van der Waals surface area contributed by atoms with E-state index in [0.717, 1.165) is 12.8 Å². The molecule has 0 aromatic heterocycles. The van der Waals surface area contributed by atoms with Gasteiger partial charge in [-0.25, -0.2) is 16.8 Å². The second-order valence-electron chi connectivity index (χ2n) is 6.44. The second kappa shape index (κ2) is 7.05. The molecule has 0 spiro atoms. The van der Waals surface area contributed by atoms with Gasteiger partial charge in [-0.1, -0.05) is 0 Å². The lowest BCUT2D eigenvalue weighted by atomic mass is 10.2. The van der Waals surface area contributed by atoms with E-state index in [4.69, 9.17) is 4.74 Å². The van der Waals surface area contributed by atoms with Crippen molar-refractivity contribution in [1.82, 2.24) is 5.32 Å². The van der Waals surface area contributed by atoms with E-state index in [1.165, 1.54) is 24.3 Å². The van der Waals surface area contributed by atoms with Crippen LogP contribution in [0.15, 0.2) is 29.2 Å². The maximum absolute atomic E-state index is 12.5. The number of hydrogen-bond donors (Lipinski definition) is 1. The lowest BCUT2D eigenvalue weighted by Gasteiger charge is -2.12. The van der Waals surface area contributed by atoms with Gasteiger partial charge in [-0.3, -0.25) is 4.79 Å². The maximum Gasteiger partial charge on any atom is 0.251 e. The Labute approximate surface area is 147 Å². The highest BCUT2D eigenvalue weighted by atomic mass is 32.2. The summed E-state index contributed by atoms with van der Waals surface area (Å²) in [5, 5.41) is 1.87. The van der Waals surface area contributed by atoms with Crippen molar-refractivity contribution in [2.75, 3.05) is 24.7 Å². The van der Waals surface area contributed by atoms with Crippen LogP contribution in [0.5, 0.6) is 0 Å². The van der Waals surface area contributed by atoms with Crippen molar-refractivity contribution in [3.05, 3.63) is 29.8 Å². The number of carbonyl (C=O) groups excluding carboxylic acids is 1. The van der Waals surface area contributed by atoms with Gasteiger partial charge in [-0.15, -0.1) is 0 Å². The van der Waals surface area contributed by atoms with E-state index >= 15 is 0 Å². The van der Waals surface area contributed by atoms with Crippen LogP contribution in [0.3, 0.4) is 0 Å². The van der Waals surface area contributed by atoms with E-state index in [1.807, 2.05) is 0 Å². The lowest BCUT2D eigenvalue weighted by molar-refractivity contribution is 0.0857. The number of hydrogen-bond acceptors (Lipinski definition) is 6. The quantitative estimate of drug-likeness (QED) is 0.791. The van der Waals surface area contributed by atoms with Crippen LogP contribution >= 0.6 is 0 Å². The van der Waals surface area contributed by atoms with Gasteiger partial charge in [0.15, 0.2) is 19.7 Å². The van der Waals surface area contributed by atoms with Crippen molar-refractivity contribution >= 4 is 25.6 Å². The summed E-state index contributed by atoms with van der Waals surface area (Å²) in [5.41, 5.74) is 0.357. The average molecular weight is 387 g/mol. The monoisotopic (exact) mass is 387 g/mol. The van der Waals surface area contributed by atoms with Gasteiger partial charge in [0.2, 0.25) is 0 Å². The highest BCUT2D eigenvalue weighted by molar-refractivity contribution is 7.96. The molecule has 2 aliphatic heterocycles. The van der Waals surface area contributed by atoms with Gasteiger partial charge >= 0.3 is 0 Å². The Hall–Kier alpha value is -1.45. The number of rotatable bonds is 5. The van der Waals surface area contributed by atoms with Gasteiger partial charge in [-0.2, -0.15) is 0 Å². The number of ether oxygens (including phenoxy) is 1. The fourth-order valence-corrected chi connectivity index (χ4v) is 7.47. The number of sulfone groups is 2. The molecule has 0 saturated carbocycles. The van der Waals surface area contributed by atoms with Crippen molar-refractivity contribution < 1.29 is 26.4 Å². The van der Waals surface area contributed by atoms with Crippen LogP contribution in [0.2, 0.25) is 0 Å². The van der Waals surface area contributed by atoms with E-state index < -0.39 is 24.9 Å². The molecule has 1 aromatic carbocycles. The zero-order chi connectivity index (χ0) is 18.1. The summed E-state index contributed by atoms with van der Waals surface area (Å²) < 4.78 is 53.5. The molecule has 2 aliphatic rings. The minimum Gasteiger partial charge on any atom is -0.376 e. The molecule has 7 nitrogen and oxygen atoms in total. The second-order valence-corrected chi connectivity index (χ2v) is 10.9. The summed E-state index contributed by atoms with van der Waals surface area (Å²) in [7, 11) is -6.99. The highest BCUT2D eigenvalue weighted by Crippen LogP contribution is 2.25. The molecule has 2 saturated heterocycles. The van der Waals surface area contributed by atoms with Gasteiger partial charge < -0.3 is 10.1 Å². The summed E-state index contributed by atoms with van der Waals surface area (Å²) >= 11 is 0. The summed E-state index contributed by atoms with van der Waals surface area (Å²) in [5.74, 6) is -0.720. The molecular formula is C16H21NO6S2. The first-order chi connectivity index (χ1) is 11.8. The Morgan fingerprint density at radius 2 is 1.92 bits per heavy atom. The fourth-order valence-electron chi connectivity index (χ4n) is 3.11. The average Bonchev–Trinajstić information content (AvgIpc) is 3.22. The molecule has 0 aliphatic carbocycles. The molecule has 1 aromatic rings. The molecule has 0 bridgehead atoms. The SMILES string of the molecule is O=C(NC[C@H]1CCCO1)c1ccc(S(=O)(=O)[C@@H]2CCS(=O)(=O)C2)cc1. The summed E-state index contributed by atoms with van der Waals surface area (Å²) in [6, 6.07) is 5.62. The summed E-state index contributed by atoms with van der Waals surface area (Å²) in [6.07, 6.45) is 2.06. The molecule has 2 fully saturated rings. The summed E-state index contributed by atoms with van der Waals surface area (Å²) in [6.45, 7) is 1.14. The molecule has 0 unspecified atom stereocenters. The van der Waals surface area contributed by atoms with E-state index in [1.54, 1.807) is 0 Å². The molecule has 0 radical (unpaired) electrons. The van der Waals surface area contributed by atoms with Crippen LogP contribution in [0.4, 0.5) is 0 Å². The Balaban J connectivity index is 1.66. The number of nitrogens with one attached hydrogen (secondary N) is 1. The van der Waals surface area contributed by atoms with Crippen molar-refractivity contribution in [3.63, 3.8) is 0 Å². The molecule has 2 atom stereocenters. The third-order valence-electron chi connectivity index (χ3n) is 4.59. The zero-order valence-electron chi connectivity index (χ0n) is 13.7. The third kappa shape index (κ3) is 4.21. The summed E-state index contributed by atoms with van der Waals surface area (Å²) in [4.78, 5) is 12.2. The van der Waals surface area contributed by atoms with Gasteiger partial charge in [0.25, 0.3) is 5.91 Å². The van der Waals surface area contributed by atoms with E-state index in [2.05, 4.69) is 5.32 Å². The largest absolute Gasteiger partial charge is 0.376 e. The van der Waals surface area contributed by atoms with Crippen molar-refractivity contribution in [1.29, 1.82) is 0 Å². The first-order valence-corrected chi connectivity index (χ1v) is 11.6. The smallest absolute Gasteiger partial charge is 0.251 e. The minimum absolute atomic E-state index is 0.0351. The highest BCUT2D eigenvalue weighted by Gasteiger charge is 2.38. The van der Waals surface area contributed by atoms with Crippen LogP contribution in [-0.2, 0) is 24.4 Å². The molecule has 2 heterocycles. The number of carbonyl (C=O) groups is 1. The number of benzene rings is 1. The van der Waals surface area contributed by atoms with Crippen molar-refractivity contribution in [2.24, 2.45) is 0 Å². The molecule has 25 heavy (non-hydrogen) atoms. The van der Waals surface area contributed by atoms with Gasteiger partial charge in [0, 0.05) is 18.7 Å². The van der Waals surface area contributed by atoms with Gasteiger partial charge in [-0.05, 0) is 43.5 Å². The first-order valence-electron chi connectivity index (χ1n) is 8.22. The molecule has 1 N–H and O–H groups in total. The van der Waals surface area contributed by atoms with Crippen LogP contribution < -0.4 is 5.32 Å². The maximum atomic E-state index is 12.5. The van der Waals surface area contributed by atoms with Gasteiger partial charge in [0.05, 0.1) is 27.8 Å². The van der Waals surface area contributed by atoms with Crippen LogP contribution in [0.1, 0.15) is 29.6 Å². The molecule has 1 amide bonds. The molecule has 138 valence electrons. The predicted octanol–water partition coefficient (Wildman–Crippen LogP) is 0.556. The Bertz CT molecular complexity index is 839. The van der Waals surface area contributed by atoms with E-state index in [9.17, 15) is 21.6 Å². The van der Waals surface area contributed by atoms with Crippen LogP contribution in [0, 0.1) is 0 Å². The standard InChI is InChI=1S/C16H21NO6S2/c18-16(17-10-13-2-1-8-23-13)12-3-5-14(6-4-12)25(21,22)15-7-9-24(19,20)11-15/h3-6,13,15H,1-2,7-11H2,(H,17,18)/t13-,15-/m1/s1. The van der Waals surface area contributed by atoms with Crippen molar-refractivity contribution in [3.8, 4) is 0 Å². The van der Waals surface area contributed by atoms with E-state index in [-0.39, 0.29) is 34.8 Å². The number of amides is 1. The van der Waals surface area contributed by atoms with Crippen LogP contribution in [-0.4, -0.2) is 58.8 Å². The Morgan fingerprint density at radius 3 is 2.48 bits per heavy atom. The third-order valence-corrected chi connectivity index (χ3v) is 8.78. The molecular weight excluding hydrogens is 366 g/mol. The fraction of sp³-hybridized carbons (Fsp3) is 0.562. The normalized spacial score (nSPS) is 25.8.